The molecule has 2 aromatic heterocycles. The van der Waals surface area contributed by atoms with Crippen LogP contribution in [0.15, 0.2) is 43.0 Å². The van der Waals surface area contributed by atoms with Crippen LogP contribution < -0.4 is 5.32 Å². The van der Waals surface area contributed by atoms with Crippen LogP contribution in [0, 0.1) is 5.92 Å². The number of hydrogen-bond donors (Lipinski definition) is 2. The van der Waals surface area contributed by atoms with E-state index in [0.717, 1.165) is 19.5 Å². The number of amides is 1. The summed E-state index contributed by atoms with van der Waals surface area (Å²) in [4.78, 5) is 22.2. The largest absolute Gasteiger partial charge is 0.367 e. The van der Waals surface area contributed by atoms with Crippen LogP contribution in [0.4, 0.5) is 0 Å². The molecule has 3 fully saturated rings. The highest BCUT2D eigenvalue weighted by molar-refractivity contribution is 5.94. The van der Waals surface area contributed by atoms with Crippen molar-refractivity contribution in [3.8, 4) is 0 Å². The van der Waals surface area contributed by atoms with E-state index in [9.17, 15) is 4.79 Å². The smallest absolute Gasteiger partial charge is 0.253 e. The molecule has 120 valence electrons. The van der Waals surface area contributed by atoms with Gasteiger partial charge in [0.05, 0.1) is 5.56 Å². The first-order chi connectivity index (χ1) is 11.3. The molecule has 0 saturated carbocycles. The number of fused-ring (bicyclic) bond motifs is 3. The van der Waals surface area contributed by atoms with Gasteiger partial charge in [-0.15, -0.1) is 0 Å². The van der Waals surface area contributed by atoms with Gasteiger partial charge in [-0.25, -0.2) is 0 Å². The van der Waals surface area contributed by atoms with Crippen LogP contribution in [0.1, 0.15) is 28.8 Å². The van der Waals surface area contributed by atoms with Crippen LogP contribution in [0.5, 0.6) is 0 Å². The lowest BCUT2D eigenvalue weighted by Gasteiger charge is -2.51. The fraction of sp³-hybridized carbons (Fsp3) is 0.444. The van der Waals surface area contributed by atoms with Gasteiger partial charge in [0.15, 0.2) is 0 Å². The van der Waals surface area contributed by atoms with Gasteiger partial charge in [0.1, 0.15) is 0 Å². The average molecular weight is 310 g/mol. The zero-order valence-corrected chi connectivity index (χ0v) is 13.1. The summed E-state index contributed by atoms with van der Waals surface area (Å²) in [5.74, 6) is 0.616. The molecule has 0 aromatic carbocycles. The van der Waals surface area contributed by atoms with Crippen molar-refractivity contribution >= 4 is 5.91 Å². The molecule has 5 heterocycles. The highest BCUT2D eigenvalue weighted by Gasteiger charge is 2.42. The topological polar surface area (TPSA) is 61.0 Å². The fourth-order valence-corrected chi connectivity index (χ4v) is 4.08. The molecule has 1 amide bonds. The van der Waals surface area contributed by atoms with Crippen molar-refractivity contribution in [1.82, 2.24) is 20.2 Å². The second kappa shape index (κ2) is 6.16. The number of piperidine rings is 3. The molecule has 3 aliphatic heterocycles. The maximum Gasteiger partial charge on any atom is 0.253 e. The van der Waals surface area contributed by atoms with Crippen molar-refractivity contribution < 1.29 is 4.79 Å². The van der Waals surface area contributed by atoms with E-state index in [1.165, 1.54) is 18.4 Å². The summed E-state index contributed by atoms with van der Waals surface area (Å²) in [6.07, 6.45) is 10.6. The minimum Gasteiger partial charge on any atom is -0.367 e. The lowest BCUT2D eigenvalue weighted by atomic mass is 9.76. The Kier molecular flexibility index (Phi) is 3.87. The van der Waals surface area contributed by atoms with Crippen molar-refractivity contribution in [1.29, 1.82) is 0 Å². The summed E-state index contributed by atoms with van der Waals surface area (Å²) in [5, 5.41) is 3.30. The van der Waals surface area contributed by atoms with Crippen molar-refractivity contribution in [2.75, 3.05) is 13.1 Å². The molecule has 0 aliphatic carbocycles. The molecule has 2 atom stereocenters. The molecule has 5 nitrogen and oxygen atoms in total. The maximum absolute atomic E-state index is 12.5. The minimum absolute atomic E-state index is 0.0289. The lowest BCUT2D eigenvalue weighted by molar-refractivity contribution is 0.0136. The number of nitrogens with zero attached hydrogens (tertiary/aromatic N) is 2. The number of rotatable bonds is 4. The van der Waals surface area contributed by atoms with Crippen LogP contribution in [0.2, 0.25) is 0 Å². The number of H-pyrrole nitrogens is 1. The molecule has 2 N–H and O–H groups in total. The Bertz CT molecular complexity index is 647. The van der Waals surface area contributed by atoms with Crippen LogP contribution in [0.25, 0.3) is 0 Å². The van der Waals surface area contributed by atoms with Crippen LogP contribution in [-0.4, -0.2) is 45.9 Å². The summed E-state index contributed by atoms with van der Waals surface area (Å²) >= 11 is 0. The van der Waals surface area contributed by atoms with E-state index in [0.29, 0.717) is 17.5 Å². The maximum atomic E-state index is 12.5. The normalized spacial score (nSPS) is 29.4. The van der Waals surface area contributed by atoms with Gasteiger partial charge in [-0.05, 0) is 56.0 Å². The fourth-order valence-electron chi connectivity index (χ4n) is 4.08. The Hall–Kier alpha value is -2.14. The van der Waals surface area contributed by atoms with E-state index in [-0.39, 0.29) is 11.9 Å². The molecule has 23 heavy (non-hydrogen) atoms. The third-order valence-electron chi connectivity index (χ3n) is 5.29. The van der Waals surface area contributed by atoms with Gasteiger partial charge in [0.25, 0.3) is 5.91 Å². The molecule has 2 bridgehead atoms. The SMILES string of the molecule is O=C(NC1C2CCN(CC2)C1Cc1cccnc1)c1cc[nH]c1. The van der Waals surface area contributed by atoms with Crippen molar-refractivity contribution in [2.24, 2.45) is 5.92 Å². The van der Waals surface area contributed by atoms with Gasteiger partial charge >= 0.3 is 0 Å². The molecular formula is C18H22N4O. The third kappa shape index (κ3) is 2.88. The highest BCUT2D eigenvalue weighted by Crippen LogP contribution is 2.34. The van der Waals surface area contributed by atoms with Gasteiger partial charge < -0.3 is 10.3 Å². The predicted molar refractivity (Wildman–Crippen MR) is 88.1 cm³/mol. The van der Waals surface area contributed by atoms with E-state index in [4.69, 9.17) is 0 Å². The number of pyridine rings is 1. The lowest BCUT2D eigenvalue weighted by Crippen LogP contribution is -2.64. The number of aromatic nitrogens is 2. The number of nitrogens with one attached hydrogen (secondary N) is 2. The number of carbonyl (C=O) groups is 1. The van der Waals surface area contributed by atoms with E-state index >= 15 is 0 Å². The minimum atomic E-state index is 0.0289. The highest BCUT2D eigenvalue weighted by atomic mass is 16.1. The molecule has 5 heteroatoms. The van der Waals surface area contributed by atoms with E-state index < -0.39 is 0 Å². The Balaban J connectivity index is 1.53. The second-order valence-electron chi connectivity index (χ2n) is 6.61. The molecule has 2 unspecified atom stereocenters. The molecule has 2 aromatic rings. The number of aromatic amines is 1. The van der Waals surface area contributed by atoms with Crippen molar-refractivity contribution in [2.45, 2.75) is 31.3 Å². The first-order valence-electron chi connectivity index (χ1n) is 8.38. The van der Waals surface area contributed by atoms with Gasteiger partial charge in [0.2, 0.25) is 0 Å². The second-order valence-corrected chi connectivity index (χ2v) is 6.61. The third-order valence-corrected chi connectivity index (χ3v) is 5.29. The van der Waals surface area contributed by atoms with Gasteiger partial charge in [0, 0.05) is 36.9 Å². The zero-order valence-electron chi connectivity index (χ0n) is 13.1. The summed E-state index contributed by atoms with van der Waals surface area (Å²) in [7, 11) is 0. The van der Waals surface area contributed by atoms with Crippen LogP contribution in [-0.2, 0) is 6.42 Å². The van der Waals surface area contributed by atoms with Gasteiger partial charge in [-0.1, -0.05) is 6.07 Å². The number of hydrogen-bond acceptors (Lipinski definition) is 3. The molecular weight excluding hydrogens is 288 g/mol. The summed E-state index contributed by atoms with van der Waals surface area (Å²) in [5.41, 5.74) is 1.95. The van der Waals surface area contributed by atoms with Crippen LogP contribution in [0.3, 0.4) is 0 Å². The van der Waals surface area contributed by atoms with Crippen molar-refractivity contribution in [3.63, 3.8) is 0 Å². The standard InChI is InChI=1S/C18H22N4O/c23-18(15-3-7-20-12-15)21-17-14-4-8-22(9-5-14)16(17)10-13-2-1-6-19-11-13/h1-3,6-7,11-12,14,16-17,20H,4-5,8-10H2,(H,21,23). The average Bonchev–Trinajstić information content (AvgIpc) is 3.13. The quantitative estimate of drug-likeness (QED) is 0.906. The number of carbonyl (C=O) groups excluding carboxylic acids is 1. The monoisotopic (exact) mass is 310 g/mol. The zero-order chi connectivity index (χ0) is 15.6. The molecule has 3 aliphatic rings. The summed E-state index contributed by atoms with van der Waals surface area (Å²) in [6, 6.07) is 6.53. The molecule has 0 radical (unpaired) electrons. The Labute approximate surface area is 136 Å². The Morgan fingerprint density at radius 3 is 2.91 bits per heavy atom. The van der Waals surface area contributed by atoms with Gasteiger partial charge in [-0.2, -0.15) is 0 Å². The van der Waals surface area contributed by atoms with E-state index in [1.807, 2.05) is 24.5 Å². The van der Waals surface area contributed by atoms with E-state index in [1.54, 1.807) is 12.4 Å². The first kappa shape index (κ1) is 14.5. The van der Waals surface area contributed by atoms with E-state index in [2.05, 4.69) is 26.3 Å². The molecule has 5 rings (SSSR count). The molecule has 0 spiro atoms. The predicted octanol–water partition coefficient (Wildman–Crippen LogP) is 1.84. The Morgan fingerprint density at radius 2 is 2.22 bits per heavy atom. The first-order valence-corrected chi connectivity index (χ1v) is 8.38. The van der Waals surface area contributed by atoms with Gasteiger partial charge in [-0.3, -0.25) is 14.7 Å². The Morgan fingerprint density at radius 1 is 1.35 bits per heavy atom. The van der Waals surface area contributed by atoms with Crippen LogP contribution >= 0.6 is 0 Å². The molecule has 3 saturated heterocycles. The summed E-state index contributed by atoms with van der Waals surface area (Å²) < 4.78 is 0. The summed E-state index contributed by atoms with van der Waals surface area (Å²) in [6.45, 7) is 2.29. The van der Waals surface area contributed by atoms with Crippen molar-refractivity contribution in [3.05, 3.63) is 54.1 Å².